The van der Waals surface area contributed by atoms with Crippen LogP contribution < -0.4 is 4.73 Å². The molecule has 1 aromatic rings. The van der Waals surface area contributed by atoms with Crippen molar-refractivity contribution in [2.45, 2.75) is 24.8 Å². The molecule has 1 aromatic heterocycles. The smallest absolute Gasteiger partial charge is 0.251 e. The number of nitrogens with zero attached hydrogens (tertiary/aromatic N) is 2. The van der Waals surface area contributed by atoms with Gasteiger partial charge in [0.2, 0.25) is 5.91 Å². The summed E-state index contributed by atoms with van der Waals surface area (Å²) in [6.07, 6.45) is 3.75. The highest BCUT2D eigenvalue weighted by Crippen LogP contribution is 2.18. The third kappa shape index (κ3) is 3.38. The number of thioether (sulfide) groups is 1. The maximum atomic E-state index is 12.0. The summed E-state index contributed by atoms with van der Waals surface area (Å²) in [5.74, 6) is 1.07. The van der Waals surface area contributed by atoms with E-state index in [4.69, 9.17) is 0 Å². The first-order chi connectivity index (χ1) is 8.66. The van der Waals surface area contributed by atoms with Gasteiger partial charge in [-0.1, -0.05) is 6.92 Å². The Balaban J connectivity index is 1.86. The topological polar surface area (TPSA) is 47.2 Å². The number of likely N-dealkylation sites (tertiary alicyclic amines) is 1. The summed E-state index contributed by atoms with van der Waals surface area (Å²) < 4.78 is 0.802. The summed E-state index contributed by atoms with van der Waals surface area (Å²) in [7, 11) is 0. The molecular formula is C13H18N2O2S. The number of carbonyl (C=O) groups excluding carboxylic acids is 1. The maximum Gasteiger partial charge on any atom is 0.251 e. The average molecular weight is 266 g/mol. The third-order valence-electron chi connectivity index (χ3n) is 3.14. The predicted octanol–water partition coefficient (Wildman–Crippen LogP) is 1.67. The Morgan fingerprint density at radius 2 is 2.44 bits per heavy atom. The predicted molar refractivity (Wildman–Crippen MR) is 71.1 cm³/mol. The molecule has 4 nitrogen and oxygen atoms in total. The lowest BCUT2D eigenvalue weighted by molar-refractivity contribution is -0.645. The zero-order valence-corrected chi connectivity index (χ0v) is 11.4. The van der Waals surface area contributed by atoms with Crippen LogP contribution in [0.2, 0.25) is 0 Å². The van der Waals surface area contributed by atoms with E-state index in [2.05, 4.69) is 6.92 Å². The van der Waals surface area contributed by atoms with Crippen LogP contribution in [0.25, 0.3) is 0 Å². The van der Waals surface area contributed by atoms with Gasteiger partial charge in [-0.05, 0) is 36.6 Å². The van der Waals surface area contributed by atoms with E-state index in [9.17, 15) is 10.0 Å². The third-order valence-corrected chi connectivity index (χ3v) is 4.14. The van der Waals surface area contributed by atoms with Crippen LogP contribution in [0.4, 0.5) is 0 Å². The molecule has 0 aliphatic carbocycles. The fourth-order valence-electron chi connectivity index (χ4n) is 2.17. The summed E-state index contributed by atoms with van der Waals surface area (Å²) in [6.45, 7) is 3.89. The number of hydrogen-bond donors (Lipinski definition) is 0. The van der Waals surface area contributed by atoms with Crippen LogP contribution in [0.15, 0.2) is 29.4 Å². The number of aromatic nitrogens is 1. The van der Waals surface area contributed by atoms with E-state index < -0.39 is 0 Å². The average Bonchev–Trinajstić information content (AvgIpc) is 2.37. The van der Waals surface area contributed by atoms with Gasteiger partial charge in [0.1, 0.15) is 0 Å². The molecular weight excluding hydrogens is 248 g/mol. The van der Waals surface area contributed by atoms with Crippen molar-refractivity contribution in [3.05, 3.63) is 29.6 Å². The zero-order chi connectivity index (χ0) is 13.0. The first-order valence-corrected chi connectivity index (χ1v) is 7.24. The van der Waals surface area contributed by atoms with Crippen molar-refractivity contribution in [2.75, 3.05) is 18.8 Å². The first kappa shape index (κ1) is 13.2. The van der Waals surface area contributed by atoms with E-state index in [0.717, 1.165) is 24.2 Å². The van der Waals surface area contributed by atoms with E-state index in [1.54, 1.807) is 12.1 Å². The van der Waals surface area contributed by atoms with Crippen molar-refractivity contribution in [3.8, 4) is 0 Å². The van der Waals surface area contributed by atoms with Crippen molar-refractivity contribution in [1.82, 2.24) is 4.90 Å². The number of carbonyl (C=O) groups is 1. The van der Waals surface area contributed by atoms with Crippen LogP contribution in [-0.4, -0.2) is 29.6 Å². The fourth-order valence-corrected chi connectivity index (χ4v) is 2.98. The van der Waals surface area contributed by atoms with Gasteiger partial charge in [-0.25, -0.2) is 0 Å². The summed E-state index contributed by atoms with van der Waals surface area (Å²) in [5.41, 5.74) is 0. The summed E-state index contributed by atoms with van der Waals surface area (Å²) in [4.78, 5) is 13.9. The van der Waals surface area contributed by atoms with Gasteiger partial charge in [0.05, 0.1) is 5.75 Å². The Morgan fingerprint density at radius 3 is 3.17 bits per heavy atom. The van der Waals surface area contributed by atoms with Gasteiger partial charge in [0.25, 0.3) is 5.03 Å². The number of hydrogen-bond acceptors (Lipinski definition) is 3. The monoisotopic (exact) mass is 266 g/mol. The molecule has 0 radical (unpaired) electrons. The van der Waals surface area contributed by atoms with E-state index in [1.807, 2.05) is 11.0 Å². The van der Waals surface area contributed by atoms with Gasteiger partial charge >= 0.3 is 0 Å². The van der Waals surface area contributed by atoms with Crippen LogP contribution in [0.3, 0.4) is 0 Å². The van der Waals surface area contributed by atoms with Gasteiger partial charge in [-0.3, -0.25) is 4.79 Å². The molecule has 0 spiro atoms. The molecule has 0 aromatic carbocycles. The Morgan fingerprint density at radius 1 is 1.61 bits per heavy atom. The fraction of sp³-hybridized carbons (Fsp3) is 0.538. The quantitative estimate of drug-likeness (QED) is 0.475. The lowest BCUT2D eigenvalue weighted by atomic mass is 10.0. The second kappa shape index (κ2) is 6.09. The molecule has 1 saturated heterocycles. The molecule has 2 heterocycles. The normalized spacial score (nSPS) is 19.8. The molecule has 1 atom stereocenters. The van der Waals surface area contributed by atoms with Crippen LogP contribution in [0.5, 0.6) is 0 Å². The number of rotatable bonds is 3. The largest absolute Gasteiger partial charge is 0.618 e. The molecule has 1 amide bonds. The molecule has 0 saturated carbocycles. The molecule has 18 heavy (non-hydrogen) atoms. The van der Waals surface area contributed by atoms with Gasteiger partial charge in [-0.15, -0.1) is 0 Å². The van der Waals surface area contributed by atoms with E-state index in [0.29, 0.717) is 16.7 Å². The minimum absolute atomic E-state index is 0.135. The highest BCUT2D eigenvalue weighted by atomic mass is 32.2. The molecule has 1 fully saturated rings. The van der Waals surface area contributed by atoms with Gasteiger partial charge in [0.15, 0.2) is 6.20 Å². The van der Waals surface area contributed by atoms with Crippen molar-refractivity contribution in [1.29, 1.82) is 0 Å². The Labute approximate surface area is 112 Å². The summed E-state index contributed by atoms with van der Waals surface area (Å²) in [5, 5.41) is 12.0. The summed E-state index contributed by atoms with van der Waals surface area (Å²) in [6, 6.07) is 5.24. The lowest BCUT2D eigenvalue weighted by Crippen LogP contribution is -2.40. The van der Waals surface area contributed by atoms with E-state index in [1.165, 1.54) is 24.4 Å². The number of pyridine rings is 1. The number of amides is 1. The van der Waals surface area contributed by atoms with Crippen molar-refractivity contribution in [3.63, 3.8) is 0 Å². The second-order valence-corrected chi connectivity index (χ2v) is 5.74. The van der Waals surface area contributed by atoms with Crippen LogP contribution >= 0.6 is 11.8 Å². The molecule has 1 aliphatic rings. The highest BCUT2D eigenvalue weighted by molar-refractivity contribution is 7.99. The Kier molecular flexibility index (Phi) is 4.47. The lowest BCUT2D eigenvalue weighted by Gasteiger charge is -2.30. The van der Waals surface area contributed by atoms with Crippen LogP contribution in [0.1, 0.15) is 19.8 Å². The minimum atomic E-state index is 0.135. The Bertz CT molecular complexity index is 425. The van der Waals surface area contributed by atoms with Crippen molar-refractivity contribution >= 4 is 17.7 Å². The van der Waals surface area contributed by atoms with Crippen LogP contribution in [-0.2, 0) is 4.79 Å². The van der Waals surface area contributed by atoms with Gasteiger partial charge < -0.3 is 10.1 Å². The zero-order valence-electron chi connectivity index (χ0n) is 10.5. The summed E-state index contributed by atoms with van der Waals surface area (Å²) >= 11 is 1.31. The van der Waals surface area contributed by atoms with Crippen molar-refractivity contribution < 1.29 is 9.52 Å². The van der Waals surface area contributed by atoms with Gasteiger partial charge in [-0.2, -0.15) is 4.73 Å². The Hall–Kier alpha value is -1.23. The first-order valence-electron chi connectivity index (χ1n) is 6.25. The SMILES string of the molecule is C[C@H]1CCCN(C(=O)CSc2cccc[n+]2[O-])C1. The maximum absolute atomic E-state index is 12.0. The molecule has 5 heteroatoms. The molecule has 2 rings (SSSR count). The molecule has 1 aliphatic heterocycles. The molecule has 98 valence electrons. The standard InChI is InChI=1S/C13H18N2O2S/c1-11-5-4-7-14(9-11)12(16)10-18-13-6-2-3-8-15(13)17/h2-3,6,8,11H,4-5,7,9-10H2,1H3/t11-/m0/s1. The molecule has 0 unspecified atom stereocenters. The number of piperidine rings is 1. The second-order valence-electron chi connectivity index (χ2n) is 4.74. The van der Waals surface area contributed by atoms with Crippen LogP contribution in [0, 0.1) is 11.1 Å². The molecule has 0 N–H and O–H groups in total. The van der Waals surface area contributed by atoms with Gasteiger partial charge in [0, 0.05) is 25.2 Å². The minimum Gasteiger partial charge on any atom is -0.618 e. The van der Waals surface area contributed by atoms with E-state index >= 15 is 0 Å². The highest BCUT2D eigenvalue weighted by Gasteiger charge is 2.21. The molecule has 0 bridgehead atoms. The van der Waals surface area contributed by atoms with Crippen molar-refractivity contribution in [2.24, 2.45) is 5.92 Å². The van der Waals surface area contributed by atoms with E-state index in [-0.39, 0.29) is 5.91 Å².